The molecule has 1 atom stereocenters. The van der Waals surface area contributed by atoms with Crippen LogP contribution in [0.1, 0.15) is 12.8 Å². The Balaban J connectivity index is 1.89. The average Bonchev–Trinajstić information content (AvgIpc) is 3.03. The van der Waals surface area contributed by atoms with E-state index >= 15 is 0 Å². The number of aliphatic hydroxyl groups excluding tert-OH is 1. The van der Waals surface area contributed by atoms with Crippen molar-refractivity contribution < 1.29 is 18.6 Å². The van der Waals surface area contributed by atoms with Gasteiger partial charge in [0.25, 0.3) is 0 Å². The minimum atomic E-state index is -0.937. The second-order valence-corrected chi connectivity index (χ2v) is 3.79. The molecule has 0 bridgehead atoms. The molecule has 2 nitrogen and oxygen atoms in total. The van der Waals surface area contributed by atoms with E-state index in [9.17, 15) is 13.9 Å². The Morgan fingerprint density at radius 1 is 1.33 bits per heavy atom. The number of benzene rings is 1. The van der Waals surface area contributed by atoms with Crippen molar-refractivity contribution in [3.8, 4) is 5.75 Å². The maximum absolute atomic E-state index is 12.8. The van der Waals surface area contributed by atoms with Crippen molar-refractivity contribution >= 4 is 0 Å². The monoisotopic (exact) mass is 214 g/mol. The minimum absolute atomic E-state index is 0.135. The summed E-state index contributed by atoms with van der Waals surface area (Å²) in [5.74, 6) is -1.28. The summed E-state index contributed by atoms with van der Waals surface area (Å²) in [7, 11) is 0. The maximum atomic E-state index is 12.8. The second-order valence-electron chi connectivity index (χ2n) is 3.79. The molecule has 1 N–H and O–H groups in total. The Bertz CT molecular complexity index is 350. The molecule has 0 heterocycles. The molecule has 15 heavy (non-hydrogen) atoms. The Labute approximate surface area is 86.5 Å². The number of hydrogen-bond donors (Lipinski definition) is 1. The fraction of sp³-hybridized carbons (Fsp3) is 0.455. The van der Waals surface area contributed by atoms with Crippen LogP contribution < -0.4 is 4.74 Å². The van der Waals surface area contributed by atoms with Crippen LogP contribution in [-0.4, -0.2) is 17.8 Å². The molecule has 0 amide bonds. The summed E-state index contributed by atoms with van der Waals surface area (Å²) in [6.45, 7) is 0.135. The van der Waals surface area contributed by atoms with Crippen molar-refractivity contribution in [2.45, 2.75) is 18.9 Å². The third-order valence-electron chi connectivity index (χ3n) is 2.48. The van der Waals surface area contributed by atoms with Gasteiger partial charge in [-0.3, -0.25) is 0 Å². The lowest BCUT2D eigenvalue weighted by atomic mass is 10.2. The molecule has 1 aliphatic rings. The molecule has 1 unspecified atom stereocenters. The van der Waals surface area contributed by atoms with Gasteiger partial charge in [0.2, 0.25) is 0 Å². The molecule has 0 saturated heterocycles. The Morgan fingerprint density at radius 3 is 2.67 bits per heavy atom. The largest absolute Gasteiger partial charge is 0.491 e. The van der Waals surface area contributed by atoms with Crippen molar-refractivity contribution in [2.24, 2.45) is 5.92 Å². The van der Waals surface area contributed by atoms with Gasteiger partial charge in [0.1, 0.15) is 12.4 Å². The summed E-state index contributed by atoms with van der Waals surface area (Å²) in [6.07, 6.45) is 1.53. The summed E-state index contributed by atoms with van der Waals surface area (Å²) in [5.41, 5.74) is 0. The molecule has 2 rings (SSSR count). The fourth-order valence-corrected chi connectivity index (χ4v) is 1.37. The van der Waals surface area contributed by atoms with Crippen LogP contribution in [0.2, 0.25) is 0 Å². The number of hydrogen-bond acceptors (Lipinski definition) is 2. The lowest BCUT2D eigenvalue weighted by Gasteiger charge is -2.11. The predicted molar refractivity (Wildman–Crippen MR) is 50.6 cm³/mol. The summed E-state index contributed by atoms with van der Waals surface area (Å²) in [6, 6.07) is 3.33. The van der Waals surface area contributed by atoms with E-state index in [1.807, 2.05) is 0 Å². The number of halogens is 2. The van der Waals surface area contributed by atoms with Gasteiger partial charge in [0.15, 0.2) is 11.6 Å². The van der Waals surface area contributed by atoms with E-state index in [0.29, 0.717) is 5.92 Å². The van der Waals surface area contributed by atoms with Crippen LogP contribution in [0.15, 0.2) is 18.2 Å². The molecule has 1 fully saturated rings. The Hall–Kier alpha value is -1.16. The summed E-state index contributed by atoms with van der Waals surface area (Å²) in [5, 5.41) is 9.48. The molecule has 0 radical (unpaired) electrons. The van der Waals surface area contributed by atoms with Crippen molar-refractivity contribution in [1.29, 1.82) is 0 Å². The lowest BCUT2D eigenvalue weighted by Crippen LogP contribution is -2.19. The van der Waals surface area contributed by atoms with Gasteiger partial charge < -0.3 is 9.84 Å². The first-order chi connectivity index (χ1) is 7.16. The van der Waals surface area contributed by atoms with E-state index < -0.39 is 17.7 Å². The van der Waals surface area contributed by atoms with Crippen LogP contribution in [-0.2, 0) is 0 Å². The summed E-state index contributed by atoms with van der Waals surface area (Å²) < 4.78 is 30.5. The third-order valence-corrected chi connectivity index (χ3v) is 2.48. The van der Waals surface area contributed by atoms with Gasteiger partial charge in [-0.25, -0.2) is 8.78 Å². The van der Waals surface area contributed by atoms with Gasteiger partial charge in [0, 0.05) is 6.07 Å². The number of ether oxygens (including phenoxy) is 1. The Morgan fingerprint density at radius 2 is 2.07 bits per heavy atom. The normalized spacial score (nSPS) is 17.5. The highest BCUT2D eigenvalue weighted by molar-refractivity contribution is 5.23. The zero-order chi connectivity index (χ0) is 10.8. The Kier molecular flexibility index (Phi) is 2.86. The van der Waals surface area contributed by atoms with Crippen molar-refractivity contribution in [2.75, 3.05) is 6.61 Å². The molecule has 1 aromatic carbocycles. The van der Waals surface area contributed by atoms with Crippen molar-refractivity contribution in [3.63, 3.8) is 0 Å². The van der Waals surface area contributed by atoms with E-state index in [-0.39, 0.29) is 12.4 Å². The average molecular weight is 214 g/mol. The highest BCUT2D eigenvalue weighted by atomic mass is 19.2. The van der Waals surface area contributed by atoms with Gasteiger partial charge in [0.05, 0.1) is 6.10 Å². The molecular weight excluding hydrogens is 202 g/mol. The molecule has 82 valence electrons. The van der Waals surface area contributed by atoms with Gasteiger partial charge >= 0.3 is 0 Å². The van der Waals surface area contributed by atoms with Gasteiger partial charge in [-0.05, 0) is 30.9 Å². The number of aliphatic hydroxyl groups is 1. The lowest BCUT2D eigenvalue weighted by molar-refractivity contribution is 0.0892. The van der Waals surface area contributed by atoms with E-state index in [0.717, 1.165) is 25.0 Å². The molecule has 0 aliphatic heterocycles. The topological polar surface area (TPSA) is 29.5 Å². The zero-order valence-corrected chi connectivity index (χ0v) is 8.12. The third kappa shape index (κ3) is 2.65. The van der Waals surface area contributed by atoms with Crippen molar-refractivity contribution in [1.82, 2.24) is 0 Å². The van der Waals surface area contributed by atoms with Crippen LogP contribution in [0.4, 0.5) is 8.78 Å². The smallest absolute Gasteiger partial charge is 0.162 e. The fourth-order valence-electron chi connectivity index (χ4n) is 1.37. The predicted octanol–water partition coefficient (Wildman–Crippen LogP) is 2.11. The van der Waals surface area contributed by atoms with E-state index in [4.69, 9.17) is 4.74 Å². The van der Waals surface area contributed by atoms with Crippen LogP contribution in [0.5, 0.6) is 5.75 Å². The van der Waals surface area contributed by atoms with E-state index in [1.165, 1.54) is 6.07 Å². The van der Waals surface area contributed by atoms with E-state index in [2.05, 4.69) is 0 Å². The number of rotatable bonds is 4. The molecule has 0 aromatic heterocycles. The first-order valence-electron chi connectivity index (χ1n) is 4.93. The molecule has 1 saturated carbocycles. The van der Waals surface area contributed by atoms with Crippen LogP contribution in [0.25, 0.3) is 0 Å². The zero-order valence-electron chi connectivity index (χ0n) is 8.12. The SMILES string of the molecule is OC(COc1ccc(F)c(F)c1)C1CC1. The highest BCUT2D eigenvalue weighted by Crippen LogP contribution is 2.32. The summed E-state index contributed by atoms with van der Waals surface area (Å²) >= 11 is 0. The quantitative estimate of drug-likeness (QED) is 0.831. The molecule has 4 heteroatoms. The first kappa shape index (κ1) is 10.4. The van der Waals surface area contributed by atoms with Gasteiger partial charge in [-0.2, -0.15) is 0 Å². The summed E-state index contributed by atoms with van der Waals surface area (Å²) in [4.78, 5) is 0. The van der Waals surface area contributed by atoms with Crippen molar-refractivity contribution in [3.05, 3.63) is 29.8 Å². The standard InChI is InChI=1S/C11H12F2O2/c12-9-4-3-8(5-10(9)13)15-6-11(14)7-1-2-7/h3-5,7,11,14H,1-2,6H2. The maximum Gasteiger partial charge on any atom is 0.162 e. The molecule has 1 aliphatic carbocycles. The highest BCUT2D eigenvalue weighted by Gasteiger charge is 2.30. The molecule has 1 aromatic rings. The van der Waals surface area contributed by atoms with E-state index in [1.54, 1.807) is 0 Å². The van der Waals surface area contributed by atoms with Crippen LogP contribution in [0.3, 0.4) is 0 Å². The van der Waals surface area contributed by atoms with Gasteiger partial charge in [-0.1, -0.05) is 0 Å². The van der Waals surface area contributed by atoms with Crippen LogP contribution in [0, 0.1) is 17.6 Å². The second kappa shape index (κ2) is 4.14. The first-order valence-corrected chi connectivity index (χ1v) is 4.93. The molecule has 0 spiro atoms. The minimum Gasteiger partial charge on any atom is -0.491 e. The van der Waals surface area contributed by atoms with Crippen LogP contribution >= 0.6 is 0 Å². The van der Waals surface area contributed by atoms with Gasteiger partial charge in [-0.15, -0.1) is 0 Å². The molecular formula is C11H12F2O2.